The van der Waals surface area contributed by atoms with Crippen LogP contribution in [-0.2, 0) is 6.54 Å². The first-order valence-corrected chi connectivity index (χ1v) is 6.16. The third kappa shape index (κ3) is 2.70. The number of hydrogen-bond donors (Lipinski definition) is 0. The summed E-state index contributed by atoms with van der Waals surface area (Å²) in [5.74, 6) is -0.962. The number of thiazole rings is 1. The maximum Gasteiger partial charge on any atom is 0.257 e. The largest absolute Gasteiger partial charge is 0.336 e. The molecule has 2 rings (SSSR count). The number of aryl methyl sites for hydroxylation is 1. The number of carbonyl (C=O) groups excluding carboxylic acids is 1. The van der Waals surface area contributed by atoms with E-state index in [9.17, 15) is 9.18 Å². The summed E-state index contributed by atoms with van der Waals surface area (Å²) in [5, 5.41) is 0.945. The number of carbonyl (C=O) groups is 1. The lowest BCUT2D eigenvalue weighted by Gasteiger charge is -2.16. The molecule has 0 aliphatic carbocycles. The molecule has 0 fully saturated rings. The quantitative estimate of drug-likeness (QED) is 0.855. The number of aromatic nitrogens is 2. The summed E-state index contributed by atoms with van der Waals surface area (Å²) in [6, 6.07) is 1.38. The average molecular weight is 265 g/mol. The van der Waals surface area contributed by atoms with Gasteiger partial charge in [0, 0.05) is 24.3 Å². The van der Waals surface area contributed by atoms with E-state index in [1.807, 2.05) is 6.92 Å². The van der Waals surface area contributed by atoms with Crippen molar-refractivity contribution in [1.29, 1.82) is 0 Å². The summed E-state index contributed by atoms with van der Waals surface area (Å²) in [5.41, 5.74) is 0.0359. The Morgan fingerprint density at radius 2 is 2.28 bits per heavy atom. The topological polar surface area (TPSA) is 46.1 Å². The summed E-state index contributed by atoms with van der Waals surface area (Å²) in [6.07, 6.45) is 4.17. The third-order valence-corrected chi connectivity index (χ3v) is 3.31. The Balaban J connectivity index is 2.12. The van der Waals surface area contributed by atoms with Gasteiger partial charge < -0.3 is 4.90 Å². The van der Waals surface area contributed by atoms with Crippen LogP contribution in [0.25, 0.3) is 0 Å². The van der Waals surface area contributed by atoms with Crippen LogP contribution in [0.2, 0.25) is 0 Å². The lowest BCUT2D eigenvalue weighted by molar-refractivity contribution is 0.0781. The lowest BCUT2D eigenvalue weighted by atomic mass is 10.2. The van der Waals surface area contributed by atoms with E-state index in [0.717, 1.165) is 16.1 Å². The van der Waals surface area contributed by atoms with Crippen molar-refractivity contribution in [1.82, 2.24) is 14.9 Å². The maximum absolute atomic E-state index is 13.4. The van der Waals surface area contributed by atoms with Crippen LogP contribution in [0.5, 0.6) is 0 Å². The predicted molar refractivity (Wildman–Crippen MR) is 66.8 cm³/mol. The second kappa shape index (κ2) is 5.22. The van der Waals surface area contributed by atoms with Gasteiger partial charge in [0.25, 0.3) is 5.91 Å². The monoisotopic (exact) mass is 265 g/mol. The molecule has 0 saturated heterocycles. The van der Waals surface area contributed by atoms with Crippen molar-refractivity contribution in [3.8, 4) is 0 Å². The van der Waals surface area contributed by atoms with Crippen LogP contribution in [0.1, 0.15) is 20.2 Å². The molecule has 0 aliphatic heterocycles. The summed E-state index contributed by atoms with van der Waals surface area (Å²) < 4.78 is 13.4. The zero-order valence-corrected chi connectivity index (χ0v) is 10.9. The highest BCUT2D eigenvalue weighted by Crippen LogP contribution is 2.15. The number of amides is 1. The number of rotatable bonds is 3. The van der Waals surface area contributed by atoms with Gasteiger partial charge in [0.2, 0.25) is 0 Å². The molecule has 0 bridgehead atoms. The molecule has 0 spiro atoms. The first-order valence-electron chi connectivity index (χ1n) is 5.34. The molecule has 18 heavy (non-hydrogen) atoms. The van der Waals surface area contributed by atoms with Gasteiger partial charge in [-0.3, -0.25) is 9.78 Å². The molecule has 94 valence electrons. The SMILES string of the molecule is Cc1ncc(CN(C)C(=O)c2ccncc2F)s1. The van der Waals surface area contributed by atoms with Gasteiger partial charge in [0.1, 0.15) is 0 Å². The van der Waals surface area contributed by atoms with Gasteiger partial charge >= 0.3 is 0 Å². The molecule has 0 aliphatic rings. The number of nitrogens with zero attached hydrogens (tertiary/aromatic N) is 3. The van der Waals surface area contributed by atoms with Crippen molar-refractivity contribution in [2.75, 3.05) is 7.05 Å². The van der Waals surface area contributed by atoms with E-state index in [-0.39, 0.29) is 11.5 Å². The van der Waals surface area contributed by atoms with E-state index in [4.69, 9.17) is 0 Å². The highest BCUT2D eigenvalue weighted by Gasteiger charge is 2.16. The highest BCUT2D eigenvalue weighted by atomic mass is 32.1. The summed E-state index contributed by atoms with van der Waals surface area (Å²) in [7, 11) is 1.64. The van der Waals surface area contributed by atoms with Gasteiger partial charge in [0.05, 0.1) is 23.3 Å². The summed E-state index contributed by atoms with van der Waals surface area (Å²) in [4.78, 5) is 22.2. The zero-order chi connectivity index (χ0) is 13.1. The molecule has 2 aromatic rings. The number of halogens is 1. The van der Waals surface area contributed by atoms with Crippen LogP contribution < -0.4 is 0 Å². The lowest BCUT2D eigenvalue weighted by Crippen LogP contribution is -2.26. The van der Waals surface area contributed by atoms with E-state index in [0.29, 0.717) is 6.54 Å². The molecule has 1 amide bonds. The van der Waals surface area contributed by atoms with Gasteiger partial charge in [-0.05, 0) is 13.0 Å². The smallest absolute Gasteiger partial charge is 0.257 e. The Labute approximate surface area is 108 Å². The Morgan fingerprint density at radius 3 is 2.89 bits per heavy atom. The summed E-state index contributed by atoms with van der Waals surface area (Å²) in [6.45, 7) is 2.32. The molecule has 0 unspecified atom stereocenters. The van der Waals surface area contributed by atoms with E-state index in [1.54, 1.807) is 13.2 Å². The fourth-order valence-corrected chi connectivity index (χ4v) is 2.39. The minimum absolute atomic E-state index is 0.0359. The standard InChI is InChI=1S/C12H12FN3OS/c1-8-15-5-9(18-8)7-16(2)12(17)10-3-4-14-6-11(10)13/h3-6H,7H2,1-2H3. The van der Waals surface area contributed by atoms with Crippen molar-refractivity contribution in [3.63, 3.8) is 0 Å². The Bertz CT molecular complexity index is 570. The Kier molecular flexibility index (Phi) is 3.66. The molecule has 2 aromatic heterocycles. The van der Waals surface area contributed by atoms with E-state index < -0.39 is 5.82 Å². The fourth-order valence-electron chi connectivity index (χ4n) is 1.54. The van der Waals surface area contributed by atoms with Crippen molar-refractivity contribution < 1.29 is 9.18 Å². The normalized spacial score (nSPS) is 10.4. The van der Waals surface area contributed by atoms with Crippen LogP contribution in [0.4, 0.5) is 4.39 Å². The van der Waals surface area contributed by atoms with Gasteiger partial charge in [-0.2, -0.15) is 0 Å². The van der Waals surface area contributed by atoms with Crippen molar-refractivity contribution in [2.45, 2.75) is 13.5 Å². The highest BCUT2D eigenvalue weighted by molar-refractivity contribution is 7.11. The second-order valence-electron chi connectivity index (χ2n) is 3.86. The van der Waals surface area contributed by atoms with Crippen molar-refractivity contribution in [2.24, 2.45) is 0 Å². The minimum Gasteiger partial charge on any atom is -0.336 e. The Hall–Kier alpha value is -1.82. The predicted octanol–water partition coefficient (Wildman–Crippen LogP) is 2.26. The number of hydrogen-bond acceptors (Lipinski definition) is 4. The summed E-state index contributed by atoms with van der Waals surface area (Å²) >= 11 is 1.52. The molecular weight excluding hydrogens is 253 g/mol. The van der Waals surface area contributed by atoms with Crippen LogP contribution in [0, 0.1) is 12.7 Å². The average Bonchev–Trinajstić information content (AvgIpc) is 2.74. The van der Waals surface area contributed by atoms with Crippen LogP contribution in [0.15, 0.2) is 24.7 Å². The van der Waals surface area contributed by atoms with Crippen molar-refractivity contribution in [3.05, 3.63) is 45.9 Å². The molecule has 0 radical (unpaired) electrons. The van der Waals surface area contributed by atoms with Gasteiger partial charge in [0.15, 0.2) is 5.82 Å². The molecule has 6 heteroatoms. The molecule has 0 atom stereocenters. The molecule has 0 N–H and O–H groups in total. The van der Waals surface area contributed by atoms with Gasteiger partial charge in [-0.1, -0.05) is 0 Å². The first-order chi connectivity index (χ1) is 8.58. The van der Waals surface area contributed by atoms with Crippen LogP contribution in [0.3, 0.4) is 0 Å². The van der Waals surface area contributed by atoms with Gasteiger partial charge in [-0.25, -0.2) is 9.37 Å². The zero-order valence-electron chi connectivity index (χ0n) is 10.1. The number of pyridine rings is 1. The molecule has 4 nitrogen and oxygen atoms in total. The Morgan fingerprint density at radius 1 is 1.50 bits per heavy atom. The second-order valence-corrected chi connectivity index (χ2v) is 5.18. The molecule has 0 aromatic carbocycles. The maximum atomic E-state index is 13.4. The molecular formula is C12H12FN3OS. The fraction of sp³-hybridized carbons (Fsp3) is 0.250. The van der Waals surface area contributed by atoms with E-state index in [2.05, 4.69) is 9.97 Å². The minimum atomic E-state index is -0.602. The first kappa shape index (κ1) is 12.6. The van der Waals surface area contributed by atoms with Gasteiger partial charge in [-0.15, -0.1) is 11.3 Å². The van der Waals surface area contributed by atoms with E-state index in [1.165, 1.54) is 28.5 Å². The van der Waals surface area contributed by atoms with E-state index >= 15 is 0 Å². The van der Waals surface area contributed by atoms with Crippen LogP contribution >= 0.6 is 11.3 Å². The molecule has 2 heterocycles. The molecule has 0 saturated carbocycles. The third-order valence-electron chi connectivity index (χ3n) is 2.41. The van der Waals surface area contributed by atoms with Crippen molar-refractivity contribution >= 4 is 17.2 Å². The van der Waals surface area contributed by atoms with Crippen LogP contribution in [-0.4, -0.2) is 27.8 Å².